The van der Waals surface area contributed by atoms with Crippen LogP contribution in [0.5, 0.6) is 0 Å². The van der Waals surface area contributed by atoms with E-state index in [1.807, 2.05) is 39.0 Å². The summed E-state index contributed by atoms with van der Waals surface area (Å²) in [5.41, 5.74) is 4.90. The van der Waals surface area contributed by atoms with Gasteiger partial charge in [-0.3, -0.25) is 9.59 Å². The van der Waals surface area contributed by atoms with Gasteiger partial charge in [0.2, 0.25) is 0 Å². The van der Waals surface area contributed by atoms with Crippen LogP contribution >= 0.6 is 0 Å². The minimum Gasteiger partial charge on any atom is -0.459 e. The van der Waals surface area contributed by atoms with Crippen molar-refractivity contribution in [1.29, 1.82) is 0 Å². The van der Waals surface area contributed by atoms with Crippen molar-refractivity contribution in [3.63, 3.8) is 0 Å². The third-order valence-corrected chi connectivity index (χ3v) is 4.26. The minimum atomic E-state index is -0.357. The maximum Gasteiger partial charge on any atom is 0.291 e. The van der Waals surface area contributed by atoms with E-state index < -0.39 is 0 Å². The van der Waals surface area contributed by atoms with E-state index in [1.165, 1.54) is 11.8 Å². The maximum atomic E-state index is 12.5. The summed E-state index contributed by atoms with van der Waals surface area (Å²) in [6.07, 6.45) is 1.44. The maximum absolute atomic E-state index is 12.5. The molecule has 0 aliphatic heterocycles. The third-order valence-electron chi connectivity index (χ3n) is 4.26. The fourth-order valence-electron chi connectivity index (χ4n) is 2.51. The number of nitrogens with one attached hydrogen (secondary N) is 2. The lowest BCUT2D eigenvalue weighted by Gasteiger charge is -2.11. The lowest BCUT2D eigenvalue weighted by molar-refractivity contribution is 0.0993. The molecule has 1 aromatic heterocycles. The molecule has 2 N–H and O–H groups in total. The largest absolute Gasteiger partial charge is 0.459 e. The molecule has 0 spiro atoms. The van der Waals surface area contributed by atoms with Gasteiger partial charge in [-0.25, -0.2) is 0 Å². The van der Waals surface area contributed by atoms with Crippen LogP contribution in [0, 0.1) is 20.8 Å². The van der Waals surface area contributed by atoms with Gasteiger partial charge in [0.05, 0.1) is 6.26 Å². The fraction of sp³-hybridized carbons (Fsp3) is 0.143. The molecule has 0 fully saturated rings. The van der Waals surface area contributed by atoms with Gasteiger partial charge in [-0.1, -0.05) is 12.1 Å². The Labute approximate surface area is 152 Å². The molecular formula is C21H20N2O3. The smallest absolute Gasteiger partial charge is 0.291 e. The van der Waals surface area contributed by atoms with Gasteiger partial charge in [0.15, 0.2) is 5.76 Å². The monoisotopic (exact) mass is 348 g/mol. The molecule has 3 rings (SSSR count). The van der Waals surface area contributed by atoms with E-state index in [4.69, 9.17) is 4.42 Å². The molecule has 0 aliphatic rings. The van der Waals surface area contributed by atoms with Crippen LogP contribution in [0.15, 0.2) is 59.2 Å². The van der Waals surface area contributed by atoms with E-state index in [9.17, 15) is 9.59 Å². The molecule has 5 heteroatoms. The van der Waals surface area contributed by atoms with E-state index in [-0.39, 0.29) is 17.6 Å². The second-order valence-corrected chi connectivity index (χ2v) is 6.21. The molecule has 2 aromatic carbocycles. The average molecular weight is 348 g/mol. The molecule has 0 saturated heterocycles. The summed E-state index contributed by atoms with van der Waals surface area (Å²) < 4.78 is 5.09. The van der Waals surface area contributed by atoms with Crippen LogP contribution in [-0.4, -0.2) is 11.8 Å². The average Bonchev–Trinajstić information content (AvgIpc) is 3.15. The summed E-state index contributed by atoms with van der Waals surface area (Å²) in [6, 6.07) is 14.2. The summed E-state index contributed by atoms with van der Waals surface area (Å²) in [5.74, 6) is -0.374. The summed E-state index contributed by atoms with van der Waals surface area (Å²) in [7, 11) is 0. The Kier molecular flexibility index (Phi) is 4.89. The zero-order chi connectivity index (χ0) is 18.7. The van der Waals surface area contributed by atoms with Gasteiger partial charge in [0, 0.05) is 16.9 Å². The summed E-state index contributed by atoms with van der Waals surface area (Å²) in [6.45, 7) is 5.89. The number of hydrogen-bond acceptors (Lipinski definition) is 3. The first kappa shape index (κ1) is 17.5. The van der Waals surface area contributed by atoms with Gasteiger partial charge in [-0.15, -0.1) is 0 Å². The standard InChI is InChI=1S/C21H20N2O3/c1-13-7-9-17(11-15(13)3)22-20(24)16-8-6-14(2)18(12-16)23-21(25)19-5-4-10-26-19/h4-12H,1-3H3,(H,22,24)(H,23,25). The molecule has 0 aliphatic carbocycles. The molecule has 1 heterocycles. The number of hydrogen-bond donors (Lipinski definition) is 2. The molecule has 26 heavy (non-hydrogen) atoms. The zero-order valence-electron chi connectivity index (χ0n) is 14.9. The molecule has 0 unspecified atom stereocenters. The quantitative estimate of drug-likeness (QED) is 0.717. The van der Waals surface area contributed by atoms with Crippen molar-refractivity contribution in [1.82, 2.24) is 0 Å². The van der Waals surface area contributed by atoms with E-state index in [0.717, 1.165) is 16.8 Å². The van der Waals surface area contributed by atoms with Crippen LogP contribution in [0.4, 0.5) is 11.4 Å². The number of carbonyl (C=O) groups is 2. The van der Waals surface area contributed by atoms with Crippen molar-refractivity contribution in [3.05, 3.63) is 82.8 Å². The van der Waals surface area contributed by atoms with E-state index in [2.05, 4.69) is 10.6 Å². The highest BCUT2D eigenvalue weighted by Gasteiger charge is 2.13. The number of carbonyl (C=O) groups excluding carboxylic acids is 2. The predicted octanol–water partition coefficient (Wildman–Crippen LogP) is 4.71. The Morgan fingerprint density at radius 3 is 2.27 bits per heavy atom. The van der Waals surface area contributed by atoms with Crippen molar-refractivity contribution >= 4 is 23.2 Å². The molecule has 5 nitrogen and oxygen atoms in total. The summed E-state index contributed by atoms with van der Waals surface area (Å²) in [5, 5.41) is 5.66. The first-order valence-electron chi connectivity index (χ1n) is 8.28. The minimum absolute atomic E-state index is 0.217. The predicted molar refractivity (Wildman–Crippen MR) is 102 cm³/mol. The number of aryl methyl sites for hydroxylation is 3. The van der Waals surface area contributed by atoms with Gasteiger partial charge < -0.3 is 15.1 Å². The zero-order valence-corrected chi connectivity index (χ0v) is 14.9. The highest BCUT2D eigenvalue weighted by Crippen LogP contribution is 2.20. The van der Waals surface area contributed by atoms with Crippen LogP contribution in [-0.2, 0) is 0 Å². The molecule has 3 aromatic rings. The first-order chi connectivity index (χ1) is 12.4. The van der Waals surface area contributed by atoms with Crippen molar-refractivity contribution in [2.75, 3.05) is 10.6 Å². The van der Waals surface area contributed by atoms with Crippen molar-refractivity contribution in [2.45, 2.75) is 20.8 Å². The summed E-state index contributed by atoms with van der Waals surface area (Å²) in [4.78, 5) is 24.7. The van der Waals surface area contributed by atoms with Crippen LogP contribution in [0.25, 0.3) is 0 Å². The SMILES string of the molecule is Cc1ccc(NC(=O)c2ccc(C)c(NC(=O)c3ccco3)c2)cc1C. The number of benzene rings is 2. The van der Waals surface area contributed by atoms with Crippen LogP contribution < -0.4 is 10.6 Å². The van der Waals surface area contributed by atoms with Gasteiger partial charge >= 0.3 is 0 Å². The second kappa shape index (κ2) is 7.27. The molecular weight excluding hydrogens is 328 g/mol. The van der Waals surface area contributed by atoms with Crippen LogP contribution in [0.3, 0.4) is 0 Å². The van der Waals surface area contributed by atoms with Gasteiger partial charge in [0.25, 0.3) is 11.8 Å². The van der Waals surface area contributed by atoms with E-state index in [0.29, 0.717) is 11.3 Å². The molecule has 2 amide bonds. The van der Waals surface area contributed by atoms with Crippen molar-refractivity contribution in [3.8, 4) is 0 Å². The number of anilines is 2. The van der Waals surface area contributed by atoms with Crippen LogP contribution in [0.1, 0.15) is 37.6 Å². The second-order valence-electron chi connectivity index (χ2n) is 6.21. The molecule has 0 saturated carbocycles. The van der Waals surface area contributed by atoms with E-state index in [1.54, 1.807) is 30.3 Å². The van der Waals surface area contributed by atoms with E-state index >= 15 is 0 Å². The highest BCUT2D eigenvalue weighted by molar-refractivity contribution is 6.07. The molecule has 0 bridgehead atoms. The summed E-state index contributed by atoms with van der Waals surface area (Å²) >= 11 is 0. The van der Waals surface area contributed by atoms with Gasteiger partial charge in [-0.05, 0) is 73.9 Å². The Morgan fingerprint density at radius 2 is 1.58 bits per heavy atom. The molecule has 0 atom stereocenters. The highest BCUT2D eigenvalue weighted by atomic mass is 16.3. The Balaban J connectivity index is 1.78. The Bertz CT molecular complexity index is 959. The lowest BCUT2D eigenvalue weighted by atomic mass is 10.1. The normalized spacial score (nSPS) is 10.4. The Morgan fingerprint density at radius 1 is 0.808 bits per heavy atom. The van der Waals surface area contributed by atoms with Crippen molar-refractivity contribution in [2.24, 2.45) is 0 Å². The third kappa shape index (κ3) is 3.83. The van der Waals surface area contributed by atoms with Gasteiger partial charge in [0.1, 0.15) is 0 Å². The topological polar surface area (TPSA) is 71.3 Å². The Hall–Kier alpha value is -3.34. The van der Waals surface area contributed by atoms with Crippen molar-refractivity contribution < 1.29 is 14.0 Å². The van der Waals surface area contributed by atoms with Crippen LogP contribution in [0.2, 0.25) is 0 Å². The van der Waals surface area contributed by atoms with Gasteiger partial charge in [-0.2, -0.15) is 0 Å². The molecule has 0 radical (unpaired) electrons. The lowest BCUT2D eigenvalue weighted by Crippen LogP contribution is -2.15. The number of amides is 2. The fourth-order valence-corrected chi connectivity index (χ4v) is 2.51. The molecule has 132 valence electrons. The first-order valence-corrected chi connectivity index (χ1v) is 8.28. The number of furan rings is 1. The number of rotatable bonds is 4.